The molecule has 1 atom stereocenters. The second-order valence-corrected chi connectivity index (χ2v) is 4.12. The quantitative estimate of drug-likeness (QED) is 0.870. The van der Waals surface area contributed by atoms with Crippen molar-refractivity contribution in [2.24, 2.45) is 0 Å². The molecule has 1 saturated heterocycles. The van der Waals surface area contributed by atoms with Gasteiger partial charge in [0.2, 0.25) is 5.76 Å². The van der Waals surface area contributed by atoms with E-state index in [1.165, 1.54) is 6.26 Å². The third-order valence-corrected chi connectivity index (χ3v) is 2.84. The summed E-state index contributed by atoms with van der Waals surface area (Å²) in [5.41, 5.74) is 0. The van der Waals surface area contributed by atoms with Gasteiger partial charge in [0, 0.05) is 12.6 Å². The van der Waals surface area contributed by atoms with E-state index in [-0.39, 0.29) is 24.4 Å². The smallest absolute Gasteiger partial charge is 0.288 e. The van der Waals surface area contributed by atoms with Crippen molar-refractivity contribution in [2.45, 2.75) is 12.5 Å². The number of rotatable bonds is 2. The molecule has 1 fully saturated rings. The van der Waals surface area contributed by atoms with E-state index in [0.29, 0.717) is 10.2 Å². The van der Waals surface area contributed by atoms with Crippen LogP contribution in [0.2, 0.25) is 0 Å². The van der Waals surface area contributed by atoms with Crippen LogP contribution in [-0.2, 0) is 0 Å². The molecule has 1 aromatic heterocycles. The molecule has 4 nitrogen and oxygen atoms in total. The summed E-state index contributed by atoms with van der Waals surface area (Å²) in [6.07, 6.45) is 2.47. The maximum absolute atomic E-state index is 11.6. The average molecular weight is 296 g/mol. The predicted octanol–water partition coefficient (Wildman–Crippen LogP) is 1.56. The van der Waals surface area contributed by atoms with Crippen LogP contribution in [0.5, 0.6) is 0 Å². The highest BCUT2D eigenvalue weighted by atomic mass is 79.9. The van der Waals surface area contributed by atoms with Gasteiger partial charge in [0.15, 0.2) is 0 Å². The lowest BCUT2D eigenvalue weighted by molar-refractivity contribution is 0.0911. The molecule has 1 amide bonds. The van der Waals surface area contributed by atoms with E-state index in [9.17, 15) is 4.79 Å². The van der Waals surface area contributed by atoms with Crippen LogP contribution in [-0.4, -0.2) is 25.0 Å². The highest BCUT2D eigenvalue weighted by Crippen LogP contribution is 2.17. The molecule has 1 aliphatic heterocycles. The summed E-state index contributed by atoms with van der Waals surface area (Å²) in [6.45, 7) is 1.80. The molecule has 1 aromatic rings. The molecular formula is C9H12BrClN2O2. The van der Waals surface area contributed by atoms with Crippen LogP contribution in [0.4, 0.5) is 0 Å². The van der Waals surface area contributed by atoms with Crippen LogP contribution in [0.3, 0.4) is 0 Å². The van der Waals surface area contributed by atoms with Gasteiger partial charge in [-0.3, -0.25) is 4.79 Å². The molecule has 0 aliphatic carbocycles. The van der Waals surface area contributed by atoms with Crippen LogP contribution in [0, 0.1) is 0 Å². The molecule has 0 spiro atoms. The number of amides is 1. The van der Waals surface area contributed by atoms with Crippen LogP contribution in [0.25, 0.3) is 0 Å². The lowest BCUT2D eigenvalue weighted by Crippen LogP contribution is -2.36. The standard InChI is InChI=1S/C9H11BrN2O2.ClH/c10-7-2-4-14-8(7)9(13)12-6-1-3-11-5-6;/h2,4,6,11H,1,3,5H2,(H,12,13);1H. The van der Waals surface area contributed by atoms with E-state index in [4.69, 9.17) is 4.42 Å². The SMILES string of the molecule is Cl.O=C(NC1CCNC1)c1occc1Br. The van der Waals surface area contributed by atoms with Crippen molar-refractivity contribution in [3.05, 3.63) is 22.6 Å². The number of halogens is 2. The third-order valence-electron chi connectivity index (χ3n) is 2.22. The fourth-order valence-corrected chi connectivity index (χ4v) is 1.87. The molecule has 1 aliphatic rings. The van der Waals surface area contributed by atoms with E-state index >= 15 is 0 Å². The summed E-state index contributed by atoms with van der Waals surface area (Å²) in [7, 11) is 0. The second-order valence-electron chi connectivity index (χ2n) is 3.26. The van der Waals surface area contributed by atoms with Crippen molar-refractivity contribution in [3.63, 3.8) is 0 Å². The average Bonchev–Trinajstić information content (AvgIpc) is 2.75. The number of furan rings is 1. The Morgan fingerprint density at radius 2 is 2.47 bits per heavy atom. The van der Waals surface area contributed by atoms with Gasteiger partial charge in [-0.05, 0) is 35.0 Å². The Balaban J connectivity index is 0.00000112. The third kappa shape index (κ3) is 2.96. The molecule has 2 N–H and O–H groups in total. The van der Waals surface area contributed by atoms with E-state index in [0.717, 1.165) is 19.5 Å². The topological polar surface area (TPSA) is 54.3 Å². The minimum absolute atomic E-state index is 0. The maximum Gasteiger partial charge on any atom is 0.288 e. The molecule has 15 heavy (non-hydrogen) atoms. The first-order chi connectivity index (χ1) is 6.77. The summed E-state index contributed by atoms with van der Waals surface area (Å²) in [5, 5.41) is 6.08. The van der Waals surface area contributed by atoms with Gasteiger partial charge in [-0.1, -0.05) is 0 Å². The number of carbonyl (C=O) groups is 1. The molecule has 0 radical (unpaired) electrons. The fraction of sp³-hybridized carbons (Fsp3) is 0.444. The van der Waals surface area contributed by atoms with Crippen molar-refractivity contribution in [3.8, 4) is 0 Å². The highest BCUT2D eigenvalue weighted by Gasteiger charge is 2.20. The van der Waals surface area contributed by atoms with Gasteiger partial charge in [0.05, 0.1) is 10.7 Å². The summed E-state index contributed by atoms with van der Waals surface area (Å²) < 4.78 is 5.75. The minimum Gasteiger partial charge on any atom is -0.458 e. The molecular weight excluding hydrogens is 283 g/mol. The number of nitrogens with one attached hydrogen (secondary N) is 2. The Morgan fingerprint density at radius 1 is 1.67 bits per heavy atom. The molecule has 0 aromatic carbocycles. The first-order valence-corrected chi connectivity index (χ1v) is 5.31. The van der Waals surface area contributed by atoms with Gasteiger partial charge < -0.3 is 15.1 Å². The monoisotopic (exact) mass is 294 g/mol. The van der Waals surface area contributed by atoms with Crippen LogP contribution < -0.4 is 10.6 Å². The van der Waals surface area contributed by atoms with E-state index < -0.39 is 0 Å². The van der Waals surface area contributed by atoms with E-state index in [2.05, 4.69) is 26.6 Å². The lowest BCUT2D eigenvalue weighted by Gasteiger charge is -2.09. The second kappa shape index (κ2) is 5.53. The zero-order chi connectivity index (χ0) is 9.97. The number of hydrogen-bond donors (Lipinski definition) is 2. The Morgan fingerprint density at radius 3 is 3.00 bits per heavy atom. The van der Waals surface area contributed by atoms with Gasteiger partial charge in [0.1, 0.15) is 0 Å². The normalized spacial score (nSPS) is 19.7. The van der Waals surface area contributed by atoms with Crippen LogP contribution in [0.1, 0.15) is 17.0 Å². The van der Waals surface area contributed by atoms with Gasteiger partial charge in [0.25, 0.3) is 5.91 Å². The zero-order valence-electron chi connectivity index (χ0n) is 7.96. The van der Waals surface area contributed by atoms with Crippen molar-refractivity contribution in [1.82, 2.24) is 10.6 Å². The summed E-state index contributed by atoms with van der Waals surface area (Å²) in [5.74, 6) is 0.187. The molecule has 0 bridgehead atoms. The lowest BCUT2D eigenvalue weighted by atomic mass is 10.2. The van der Waals surface area contributed by atoms with Gasteiger partial charge in [-0.15, -0.1) is 12.4 Å². The van der Waals surface area contributed by atoms with E-state index in [1.54, 1.807) is 6.07 Å². The Labute approximate surface area is 102 Å². The van der Waals surface area contributed by atoms with Crippen molar-refractivity contribution < 1.29 is 9.21 Å². The first-order valence-electron chi connectivity index (χ1n) is 4.52. The van der Waals surface area contributed by atoms with Gasteiger partial charge in [-0.2, -0.15) is 0 Å². The molecule has 2 heterocycles. The van der Waals surface area contributed by atoms with Gasteiger partial charge >= 0.3 is 0 Å². The van der Waals surface area contributed by atoms with Crippen molar-refractivity contribution >= 4 is 34.2 Å². The molecule has 2 rings (SSSR count). The first kappa shape index (κ1) is 12.5. The predicted molar refractivity (Wildman–Crippen MR) is 62.4 cm³/mol. The minimum atomic E-state index is -0.157. The van der Waals surface area contributed by atoms with Crippen LogP contribution in [0.15, 0.2) is 21.2 Å². The molecule has 0 saturated carbocycles. The Hall–Kier alpha value is -0.520. The maximum atomic E-state index is 11.6. The summed E-state index contributed by atoms with van der Waals surface area (Å²) >= 11 is 3.25. The Kier molecular flexibility index (Phi) is 4.63. The largest absolute Gasteiger partial charge is 0.458 e. The molecule has 6 heteroatoms. The molecule has 84 valence electrons. The van der Waals surface area contributed by atoms with Crippen molar-refractivity contribution in [1.29, 1.82) is 0 Å². The highest BCUT2D eigenvalue weighted by molar-refractivity contribution is 9.10. The molecule has 1 unspecified atom stereocenters. The summed E-state index contributed by atoms with van der Waals surface area (Å²) in [4.78, 5) is 11.6. The van der Waals surface area contributed by atoms with Gasteiger partial charge in [-0.25, -0.2) is 0 Å². The zero-order valence-corrected chi connectivity index (χ0v) is 10.4. The number of carbonyl (C=O) groups excluding carboxylic acids is 1. The van der Waals surface area contributed by atoms with Crippen LogP contribution >= 0.6 is 28.3 Å². The van der Waals surface area contributed by atoms with Crippen molar-refractivity contribution in [2.75, 3.05) is 13.1 Å². The van der Waals surface area contributed by atoms with E-state index in [1.807, 2.05) is 0 Å². The summed E-state index contributed by atoms with van der Waals surface area (Å²) in [6, 6.07) is 1.93. The number of hydrogen-bond acceptors (Lipinski definition) is 3. The Bertz CT molecular complexity index is 337. The fourth-order valence-electron chi connectivity index (χ4n) is 1.48.